The molecular weight excluding hydrogens is 299 g/mol. The van der Waals surface area contributed by atoms with E-state index in [2.05, 4.69) is 5.32 Å². The molecule has 2 rings (SSSR count). The largest absolute Gasteiger partial charge is 1.00 e. The zero-order valence-electron chi connectivity index (χ0n) is 10.1. The van der Waals surface area contributed by atoms with Crippen LogP contribution in [0.5, 0.6) is 0 Å². The Balaban J connectivity index is 0.00000180. The van der Waals surface area contributed by atoms with Gasteiger partial charge in [-0.2, -0.15) is 0 Å². The average Bonchev–Trinajstić information content (AvgIpc) is 2.53. The van der Waals surface area contributed by atoms with Crippen molar-refractivity contribution < 1.29 is 47.3 Å². The number of thiocarbonyl (C=S) groups is 1. The second kappa shape index (κ2) is 6.29. The predicted octanol–water partition coefficient (Wildman–Crippen LogP) is -3.17. The van der Waals surface area contributed by atoms with E-state index in [0.717, 1.165) is 0 Å². The Labute approximate surface area is 138 Å². The molecule has 1 aliphatic rings. The molecule has 1 aliphatic heterocycles. The maximum absolute atomic E-state index is 12.0. The molecule has 0 bridgehead atoms. The number of hydrogen-bond donors (Lipinski definition) is 1. The first-order valence-corrected chi connectivity index (χ1v) is 7.00. The van der Waals surface area contributed by atoms with Gasteiger partial charge in [0.2, 0.25) is 0 Å². The fraction of sp³-hybridized carbons (Fsp3) is 0.200. The van der Waals surface area contributed by atoms with Crippen LogP contribution in [0, 0.1) is 0 Å². The van der Waals surface area contributed by atoms with Crippen LogP contribution < -0.4 is 39.8 Å². The zero-order chi connectivity index (χ0) is 13.3. The van der Waals surface area contributed by atoms with E-state index >= 15 is 0 Å². The van der Waals surface area contributed by atoms with Gasteiger partial charge in [0.25, 0.3) is 5.91 Å². The van der Waals surface area contributed by atoms with Crippen molar-refractivity contribution in [2.75, 3.05) is 10.7 Å². The number of rotatable bonds is 3. The summed E-state index contributed by atoms with van der Waals surface area (Å²) in [4.78, 5) is 13.2. The molecule has 1 N–H and O–H groups in total. The van der Waals surface area contributed by atoms with Crippen LogP contribution in [0.4, 0.5) is 5.69 Å². The third kappa shape index (κ3) is 3.98. The van der Waals surface area contributed by atoms with Crippen molar-refractivity contribution in [1.82, 2.24) is 5.32 Å². The van der Waals surface area contributed by atoms with Crippen molar-refractivity contribution in [2.45, 2.75) is 6.04 Å². The first kappa shape index (κ1) is 16.5. The van der Waals surface area contributed by atoms with Crippen molar-refractivity contribution in [2.24, 2.45) is 0 Å². The van der Waals surface area contributed by atoms with Crippen molar-refractivity contribution in [3.63, 3.8) is 0 Å². The Bertz CT molecular complexity index is 591. The number of nitrogens with one attached hydrogen (secondary N) is 1. The summed E-state index contributed by atoms with van der Waals surface area (Å²) in [6.07, 6.45) is 0. The second-order valence-corrected chi connectivity index (χ2v) is 5.57. The van der Waals surface area contributed by atoms with Crippen LogP contribution in [0.25, 0.3) is 0 Å². The molecule has 1 atom stereocenters. The molecule has 0 unspecified atom stereocenters. The third-order valence-electron chi connectivity index (χ3n) is 2.40. The summed E-state index contributed by atoms with van der Waals surface area (Å²) >= 11 is 4.96. The minimum absolute atomic E-state index is 0. The standard InChI is InChI=1S/C10H10N2O4S2.Na/c13-9-8(6-18(14,15)16)11-10(17)12(9)7-4-2-1-3-5-7;/h1-5,8H,6H2,(H,11,17)(H,14,15,16);/q;+1/p-1/t8-;/m0./s1. The number of anilines is 1. The molecule has 1 fully saturated rings. The summed E-state index contributed by atoms with van der Waals surface area (Å²) in [5.41, 5.74) is 0.533. The predicted molar refractivity (Wildman–Crippen MR) is 68.0 cm³/mol. The van der Waals surface area contributed by atoms with Crippen LogP contribution in [-0.4, -0.2) is 35.8 Å². The number of carbonyl (C=O) groups is 1. The van der Waals surface area contributed by atoms with Crippen LogP contribution in [0.2, 0.25) is 0 Å². The maximum Gasteiger partial charge on any atom is 1.00 e. The third-order valence-corrected chi connectivity index (χ3v) is 3.45. The van der Waals surface area contributed by atoms with E-state index in [9.17, 15) is 17.8 Å². The van der Waals surface area contributed by atoms with Gasteiger partial charge in [-0.3, -0.25) is 9.69 Å². The van der Waals surface area contributed by atoms with Gasteiger partial charge in [-0.1, -0.05) is 18.2 Å². The number of amides is 1. The molecule has 1 amide bonds. The Hall–Kier alpha value is -0.510. The number of nitrogens with zero attached hydrogens (tertiary/aromatic N) is 1. The second-order valence-electron chi connectivity index (χ2n) is 3.74. The van der Waals surface area contributed by atoms with Gasteiger partial charge in [0.05, 0.1) is 21.6 Å². The van der Waals surface area contributed by atoms with Gasteiger partial charge in [-0.15, -0.1) is 0 Å². The number of benzene rings is 1. The fourth-order valence-corrected chi connectivity index (χ4v) is 2.64. The molecule has 6 nitrogen and oxygen atoms in total. The monoisotopic (exact) mass is 308 g/mol. The topological polar surface area (TPSA) is 89.5 Å². The van der Waals surface area contributed by atoms with E-state index in [0.29, 0.717) is 5.69 Å². The minimum Gasteiger partial charge on any atom is -0.748 e. The fourth-order valence-electron chi connectivity index (χ4n) is 1.67. The van der Waals surface area contributed by atoms with Crippen LogP contribution >= 0.6 is 12.2 Å². The summed E-state index contributed by atoms with van der Waals surface area (Å²) in [7, 11) is -4.49. The number of carbonyl (C=O) groups excluding carboxylic acids is 1. The van der Waals surface area contributed by atoms with Crippen LogP contribution in [0.3, 0.4) is 0 Å². The van der Waals surface area contributed by atoms with Gasteiger partial charge in [0.1, 0.15) is 6.04 Å². The van der Waals surface area contributed by atoms with Gasteiger partial charge in [0, 0.05) is 0 Å². The molecular formula is C10H9N2NaO4S2. The van der Waals surface area contributed by atoms with E-state index in [1.54, 1.807) is 30.3 Å². The van der Waals surface area contributed by atoms with Crippen LogP contribution in [0.1, 0.15) is 0 Å². The number of hydrogen-bond acceptors (Lipinski definition) is 5. The quantitative estimate of drug-likeness (QED) is 0.360. The first-order valence-electron chi connectivity index (χ1n) is 5.01. The van der Waals surface area contributed by atoms with Gasteiger partial charge in [-0.25, -0.2) is 8.42 Å². The van der Waals surface area contributed by atoms with Crippen LogP contribution in [-0.2, 0) is 14.9 Å². The molecule has 96 valence electrons. The molecule has 0 radical (unpaired) electrons. The van der Waals surface area contributed by atoms with Crippen LogP contribution in [0.15, 0.2) is 30.3 Å². The Morgan fingerprint density at radius 2 is 1.89 bits per heavy atom. The molecule has 9 heteroatoms. The molecule has 1 saturated heterocycles. The molecule has 19 heavy (non-hydrogen) atoms. The minimum atomic E-state index is -4.49. The maximum atomic E-state index is 12.0. The molecule has 1 aromatic carbocycles. The van der Waals surface area contributed by atoms with E-state index in [1.807, 2.05) is 0 Å². The van der Waals surface area contributed by atoms with Crippen molar-refractivity contribution in [1.29, 1.82) is 0 Å². The Morgan fingerprint density at radius 1 is 1.32 bits per heavy atom. The summed E-state index contributed by atoms with van der Waals surface area (Å²) < 4.78 is 32.0. The van der Waals surface area contributed by atoms with Gasteiger partial charge in [-0.05, 0) is 24.4 Å². The van der Waals surface area contributed by atoms with Gasteiger partial charge < -0.3 is 9.87 Å². The van der Waals surface area contributed by atoms with E-state index in [1.165, 1.54) is 4.90 Å². The number of para-hydroxylation sites is 1. The van der Waals surface area contributed by atoms with E-state index in [-0.39, 0.29) is 34.7 Å². The molecule has 0 spiro atoms. The molecule has 0 aromatic heterocycles. The normalized spacial score (nSPS) is 19.0. The molecule has 1 aromatic rings. The van der Waals surface area contributed by atoms with E-state index in [4.69, 9.17) is 12.2 Å². The Morgan fingerprint density at radius 3 is 2.42 bits per heavy atom. The van der Waals surface area contributed by atoms with Crippen molar-refractivity contribution >= 4 is 39.0 Å². The van der Waals surface area contributed by atoms with Gasteiger partial charge in [0.15, 0.2) is 5.11 Å². The summed E-state index contributed by atoms with van der Waals surface area (Å²) in [5, 5.41) is 2.63. The summed E-state index contributed by atoms with van der Waals surface area (Å²) in [5.74, 6) is -1.35. The average molecular weight is 308 g/mol. The smallest absolute Gasteiger partial charge is 0.748 e. The SMILES string of the molecule is O=C1[C@H](CS(=O)(=O)[O-])NC(=S)N1c1ccccc1.[Na+]. The first-order chi connectivity index (χ1) is 8.38. The zero-order valence-corrected chi connectivity index (χ0v) is 13.7. The summed E-state index contributed by atoms with van der Waals surface area (Å²) in [6.45, 7) is 0. The summed E-state index contributed by atoms with van der Waals surface area (Å²) in [6, 6.07) is 7.45. The van der Waals surface area contributed by atoms with Gasteiger partial charge >= 0.3 is 29.6 Å². The molecule has 0 aliphatic carbocycles. The molecule has 1 heterocycles. The van der Waals surface area contributed by atoms with E-state index < -0.39 is 27.8 Å². The van der Waals surface area contributed by atoms with Crippen molar-refractivity contribution in [3.8, 4) is 0 Å². The Kier molecular flexibility index (Phi) is 5.48. The van der Waals surface area contributed by atoms with Crippen molar-refractivity contribution in [3.05, 3.63) is 30.3 Å². The molecule has 0 saturated carbocycles.